The van der Waals surface area contributed by atoms with Crippen LogP contribution in [-0.4, -0.2) is 70.9 Å². The number of piperazine rings is 1. The molecule has 1 aromatic rings. The number of hydrogen-bond donors (Lipinski definition) is 2. The van der Waals surface area contributed by atoms with E-state index in [2.05, 4.69) is 27.2 Å². The van der Waals surface area contributed by atoms with Crippen LogP contribution >= 0.6 is 24.0 Å². The summed E-state index contributed by atoms with van der Waals surface area (Å²) >= 11 is 0. The van der Waals surface area contributed by atoms with Crippen LogP contribution in [0.15, 0.2) is 15.6 Å². The highest BCUT2D eigenvalue weighted by molar-refractivity contribution is 14.0. The van der Waals surface area contributed by atoms with E-state index in [0.717, 1.165) is 82.4 Å². The van der Waals surface area contributed by atoms with Gasteiger partial charge in [0.25, 0.3) is 0 Å². The maximum absolute atomic E-state index is 10.5. The SMILES string of the molecule is CCNC(=NCC1(O)CCCC1)N1CCN(Cc2cc(C)on2)CC1.I. The van der Waals surface area contributed by atoms with E-state index in [1.165, 1.54) is 0 Å². The smallest absolute Gasteiger partial charge is 0.194 e. The van der Waals surface area contributed by atoms with Crippen molar-refractivity contribution in [3.8, 4) is 0 Å². The van der Waals surface area contributed by atoms with Gasteiger partial charge in [0.2, 0.25) is 0 Å². The second kappa shape index (κ2) is 9.89. The van der Waals surface area contributed by atoms with Crippen LogP contribution in [0.25, 0.3) is 0 Å². The van der Waals surface area contributed by atoms with E-state index in [1.54, 1.807) is 0 Å². The molecule has 2 fully saturated rings. The van der Waals surface area contributed by atoms with Gasteiger partial charge < -0.3 is 19.8 Å². The van der Waals surface area contributed by atoms with E-state index in [4.69, 9.17) is 9.52 Å². The zero-order chi connectivity index (χ0) is 17.7. The van der Waals surface area contributed by atoms with E-state index in [0.29, 0.717) is 6.54 Å². The predicted octanol–water partition coefficient (Wildman–Crippen LogP) is 1.99. The Balaban J connectivity index is 0.00000243. The van der Waals surface area contributed by atoms with Crippen molar-refractivity contribution in [3.05, 3.63) is 17.5 Å². The number of nitrogens with zero attached hydrogens (tertiary/aromatic N) is 4. The highest BCUT2D eigenvalue weighted by atomic mass is 127. The first-order valence-corrected chi connectivity index (χ1v) is 9.48. The van der Waals surface area contributed by atoms with Crippen LogP contribution in [0.5, 0.6) is 0 Å². The molecule has 26 heavy (non-hydrogen) atoms. The van der Waals surface area contributed by atoms with Gasteiger partial charge in [0.05, 0.1) is 17.8 Å². The van der Waals surface area contributed by atoms with Gasteiger partial charge in [0, 0.05) is 45.3 Å². The third kappa shape index (κ3) is 5.82. The summed E-state index contributed by atoms with van der Waals surface area (Å²) in [5.74, 6) is 1.79. The van der Waals surface area contributed by atoms with Gasteiger partial charge in [-0.1, -0.05) is 18.0 Å². The molecule has 0 unspecified atom stereocenters. The lowest BCUT2D eigenvalue weighted by Gasteiger charge is -2.36. The lowest BCUT2D eigenvalue weighted by atomic mass is 10.0. The minimum absolute atomic E-state index is 0. The van der Waals surface area contributed by atoms with Crippen LogP contribution in [0.3, 0.4) is 0 Å². The van der Waals surface area contributed by atoms with Crippen molar-refractivity contribution in [1.82, 2.24) is 20.3 Å². The Labute approximate surface area is 173 Å². The van der Waals surface area contributed by atoms with Crippen LogP contribution in [-0.2, 0) is 6.54 Å². The number of aryl methyl sites for hydroxylation is 1. The summed E-state index contributed by atoms with van der Waals surface area (Å²) in [7, 11) is 0. The first kappa shape index (κ1) is 21.4. The predicted molar refractivity (Wildman–Crippen MR) is 113 cm³/mol. The van der Waals surface area contributed by atoms with Crippen molar-refractivity contribution in [3.63, 3.8) is 0 Å². The molecule has 0 bridgehead atoms. The fourth-order valence-corrected chi connectivity index (χ4v) is 3.68. The molecule has 0 aromatic carbocycles. The number of hydrogen-bond acceptors (Lipinski definition) is 5. The van der Waals surface area contributed by atoms with Gasteiger partial charge in [-0.15, -0.1) is 24.0 Å². The molecule has 0 spiro atoms. The summed E-state index contributed by atoms with van der Waals surface area (Å²) in [6.07, 6.45) is 3.98. The van der Waals surface area contributed by atoms with Crippen LogP contribution in [0, 0.1) is 6.92 Å². The first-order chi connectivity index (χ1) is 12.1. The van der Waals surface area contributed by atoms with Gasteiger partial charge in [-0.25, -0.2) is 0 Å². The molecule has 0 amide bonds. The molecule has 0 atom stereocenters. The molecule has 8 heteroatoms. The van der Waals surface area contributed by atoms with Crippen molar-refractivity contribution >= 4 is 29.9 Å². The number of nitrogens with one attached hydrogen (secondary N) is 1. The van der Waals surface area contributed by atoms with Gasteiger partial charge in [-0.05, 0) is 26.7 Å². The molecule has 2 aliphatic rings. The Hall–Kier alpha value is -0.870. The van der Waals surface area contributed by atoms with Gasteiger partial charge in [0.15, 0.2) is 5.96 Å². The lowest BCUT2D eigenvalue weighted by molar-refractivity contribution is 0.0569. The summed E-state index contributed by atoms with van der Waals surface area (Å²) in [6, 6.07) is 2.00. The highest BCUT2D eigenvalue weighted by Gasteiger charge is 2.31. The number of halogens is 1. The Morgan fingerprint density at radius 1 is 1.31 bits per heavy atom. The third-order valence-electron chi connectivity index (χ3n) is 5.13. The van der Waals surface area contributed by atoms with E-state index in [1.807, 2.05) is 13.0 Å². The minimum Gasteiger partial charge on any atom is -0.388 e. The molecule has 3 rings (SSSR count). The molecule has 1 saturated heterocycles. The number of rotatable bonds is 5. The van der Waals surface area contributed by atoms with Crippen molar-refractivity contribution in [2.24, 2.45) is 4.99 Å². The minimum atomic E-state index is -0.590. The van der Waals surface area contributed by atoms with Gasteiger partial charge in [0.1, 0.15) is 5.76 Å². The molecule has 1 saturated carbocycles. The molecule has 148 valence electrons. The quantitative estimate of drug-likeness (QED) is 0.384. The Kier molecular flexibility index (Phi) is 8.15. The standard InChI is InChI=1S/C18H31N5O2.HI/c1-3-19-17(20-14-18(24)6-4-5-7-18)23-10-8-22(9-11-23)13-16-12-15(2)25-21-16;/h12,24H,3-11,13-14H2,1-2H3,(H,19,20);1H. The Morgan fingerprint density at radius 2 is 2.00 bits per heavy atom. The molecule has 2 heterocycles. The van der Waals surface area contributed by atoms with Gasteiger partial charge in [-0.3, -0.25) is 9.89 Å². The Bertz CT molecular complexity index is 578. The monoisotopic (exact) mass is 477 g/mol. The summed E-state index contributed by atoms with van der Waals surface area (Å²) in [5.41, 5.74) is 0.405. The molecule has 1 aromatic heterocycles. The number of aromatic nitrogens is 1. The zero-order valence-electron chi connectivity index (χ0n) is 15.9. The van der Waals surface area contributed by atoms with E-state index in [9.17, 15) is 5.11 Å². The molecule has 0 radical (unpaired) electrons. The van der Waals surface area contributed by atoms with Gasteiger partial charge >= 0.3 is 0 Å². The van der Waals surface area contributed by atoms with E-state index < -0.39 is 5.60 Å². The average molecular weight is 477 g/mol. The molecule has 1 aliphatic heterocycles. The maximum atomic E-state index is 10.5. The zero-order valence-corrected chi connectivity index (χ0v) is 18.2. The van der Waals surface area contributed by atoms with Crippen LogP contribution < -0.4 is 5.32 Å². The molecular formula is C18H32IN5O2. The lowest BCUT2D eigenvalue weighted by Crippen LogP contribution is -2.52. The second-order valence-corrected chi connectivity index (χ2v) is 7.29. The summed E-state index contributed by atoms with van der Waals surface area (Å²) in [4.78, 5) is 9.43. The van der Waals surface area contributed by atoms with Crippen LogP contribution in [0.1, 0.15) is 44.1 Å². The largest absolute Gasteiger partial charge is 0.388 e. The molecular weight excluding hydrogens is 445 g/mol. The fraction of sp³-hybridized carbons (Fsp3) is 0.778. The Morgan fingerprint density at radius 3 is 2.58 bits per heavy atom. The first-order valence-electron chi connectivity index (χ1n) is 9.48. The van der Waals surface area contributed by atoms with Crippen molar-refractivity contribution in [2.75, 3.05) is 39.3 Å². The van der Waals surface area contributed by atoms with E-state index >= 15 is 0 Å². The third-order valence-corrected chi connectivity index (χ3v) is 5.13. The van der Waals surface area contributed by atoms with Crippen molar-refractivity contribution in [1.29, 1.82) is 0 Å². The highest BCUT2D eigenvalue weighted by Crippen LogP contribution is 2.29. The molecule has 1 aliphatic carbocycles. The second-order valence-electron chi connectivity index (χ2n) is 7.29. The van der Waals surface area contributed by atoms with Crippen LogP contribution in [0.2, 0.25) is 0 Å². The summed E-state index contributed by atoms with van der Waals surface area (Å²) < 4.78 is 5.15. The number of aliphatic imine (C=N–C) groups is 1. The topological polar surface area (TPSA) is 77.1 Å². The average Bonchev–Trinajstić information content (AvgIpc) is 3.21. The van der Waals surface area contributed by atoms with Crippen LogP contribution in [0.4, 0.5) is 0 Å². The molecule has 7 nitrogen and oxygen atoms in total. The number of aliphatic hydroxyl groups is 1. The maximum Gasteiger partial charge on any atom is 0.194 e. The normalized spacial score (nSPS) is 20.9. The van der Waals surface area contributed by atoms with Gasteiger partial charge in [-0.2, -0.15) is 0 Å². The summed E-state index contributed by atoms with van der Waals surface area (Å²) in [6.45, 7) is 10.0. The van der Waals surface area contributed by atoms with Crippen molar-refractivity contribution in [2.45, 2.75) is 51.7 Å². The van der Waals surface area contributed by atoms with E-state index in [-0.39, 0.29) is 24.0 Å². The van der Waals surface area contributed by atoms with Crippen molar-refractivity contribution < 1.29 is 9.63 Å². The molecule has 2 N–H and O–H groups in total. The number of guanidine groups is 1. The summed E-state index contributed by atoms with van der Waals surface area (Å²) in [5, 5.41) is 18.0. The fourth-order valence-electron chi connectivity index (χ4n) is 3.68.